The number of aromatic nitrogens is 3. The highest BCUT2D eigenvalue weighted by Gasteiger charge is 2.16. The van der Waals surface area contributed by atoms with Crippen LogP contribution in [0.1, 0.15) is 11.1 Å². The van der Waals surface area contributed by atoms with Crippen LogP contribution in [0, 0.1) is 5.95 Å². The zero-order valence-corrected chi connectivity index (χ0v) is 9.97. The summed E-state index contributed by atoms with van der Waals surface area (Å²) in [4.78, 5) is 20.3. The summed E-state index contributed by atoms with van der Waals surface area (Å²) >= 11 is 1.53. The molecule has 0 amide bonds. The van der Waals surface area contributed by atoms with E-state index in [9.17, 15) is 9.18 Å². The molecule has 92 valence electrons. The Bertz CT molecular complexity index is 759. The van der Waals surface area contributed by atoms with E-state index >= 15 is 0 Å². The molecule has 7 heteroatoms. The first-order chi connectivity index (χ1) is 8.65. The third kappa shape index (κ3) is 1.68. The van der Waals surface area contributed by atoms with Crippen LogP contribution in [0.15, 0.2) is 21.6 Å². The molecule has 0 saturated heterocycles. The number of nitrogen functional groups attached to an aromatic ring is 1. The number of nitrogens with two attached hydrogens (primary N) is 1. The molecule has 4 N–H and O–H groups in total. The number of anilines is 1. The first kappa shape index (κ1) is 11.0. The van der Waals surface area contributed by atoms with E-state index in [-0.39, 0.29) is 11.5 Å². The zero-order chi connectivity index (χ0) is 12.7. The molecule has 18 heavy (non-hydrogen) atoms. The average Bonchev–Trinajstić information content (AvgIpc) is 2.91. The summed E-state index contributed by atoms with van der Waals surface area (Å²) in [6.45, 7) is 0. The largest absolute Gasteiger partial charge is 0.369 e. The number of hydrogen-bond acceptors (Lipinski definition) is 4. The summed E-state index contributed by atoms with van der Waals surface area (Å²) in [5, 5.41) is 3.84. The monoisotopic (exact) mass is 264 g/mol. The fraction of sp³-hybridized carbons (Fsp3) is 0.0909. The van der Waals surface area contributed by atoms with Crippen molar-refractivity contribution in [2.75, 3.05) is 5.73 Å². The number of fused-ring (bicyclic) bond motifs is 1. The van der Waals surface area contributed by atoms with Crippen molar-refractivity contribution < 1.29 is 4.39 Å². The van der Waals surface area contributed by atoms with Gasteiger partial charge in [0.2, 0.25) is 5.95 Å². The predicted octanol–water partition coefficient (Wildman–Crippen LogP) is 1.62. The molecule has 0 aliphatic carbocycles. The molecule has 0 atom stereocenters. The van der Waals surface area contributed by atoms with Gasteiger partial charge in [-0.15, -0.1) is 0 Å². The maximum absolute atomic E-state index is 13.8. The summed E-state index contributed by atoms with van der Waals surface area (Å²) in [6, 6.07) is 1.90. The minimum Gasteiger partial charge on any atom is -0.369 e. The van der Waals surface area contributed by atoms with Crippen LogP contribution in [0.25, 0.3) is 11.0 Å². The quantitative estimate of drug-likeness (QED) is 0.657. The number of aromatic amines is 2. The molecule has 0 unspecified atom stereocenters. The van der Waals surface area contributed by atoms with Crippen molar-refractivity contribution >= 4 is 28.3 Å². The van der Waals surface area contributed by atoms with Crippen LogP contribution in [-0.2, 0) is 6.42 Å². The fourth-order valence-electron chi connectivity index (χ4n) is 1.87. The van der Waals surface area contributed by atoms with E-state index in [0.717, 1.165) is 5.56 Å². The summed E-state index contributed by atoms with van der Waals surface area (Å²) in [5.74, 6) is -0.558. The number of hydrogen-bond donors (Lipinski definition) is 3. The Balaban J connectivity index is 2.22. The van der Waals surface area contributed by atoms with Crippen molar-refractivity contribution in [2.24, 2.45) is 0 Å². The van der Waals surface area contributed by atoms with Crippen LogP contribution in [0.5, 0.6) is 0 Å². The first-order valence-corrected chi connectivity index (χ1v) is 6.16. The second kappa shape index (κ2) is 3.95. The molecule has 0 fully saturated rings. The summed E-state index contributed by atoms with van der Waals surface area (Å²) < 4.78 is 13.8. The molecular formula is C11H9FN4OS. The molecule has 0 spiro atoms. The van der Waals surface area contributed by atoms with Crippen LogP contribution in [-0.4, -0.2) is 15.0 Å². The smallest absolute Gasteiger partial charge is 0.276 e. The minimum absolute atomic E-state index is 0.0157. The molecule has 0 saturated carbocycles. The van der Waals surface area contributed by atoms with E-state index in [2.05, 4.69) is 15.0 Å². The van der Waals surface area contributed by atoms with Gasteiger partial charge in [0.05, 0.1) is 0 Å². The number of H-pyrrole nitrogens is 2. The lowest BCUT2D eigenvalue weighted by Crippen LogP contribution is -2.11. The Morgan fingerprint density at radius 1 is 1.44 bits per heavy atom. The van der Waals surface area contributed by atoms with E-state index in [1.165, 1.54) is 11.3 Å². The lowest BCUT2D eigenvalue weighted by Gasteiger charge is -1.97. The molecule has 0 aromatic carbocycles. The molecule has 0 aliphatic rings. The van der Waals surface area contributed by atoms with Crippen molar-refractivity contribution in [2.45, 2.75) is 6.42 Å². The highest BCUT2D eigenvalue weighted by atomic mass is 32.1. The van der Waals surface area contributed by atoms with Crippen molar-refractivity contribution in [3.05, 3.63) is 44.3 Å². The van der Waals surface area contributed by atoms with E-state index < -0.39 is 11.5 Å². The Morgan fingerprint density at radius 3 is 3.00 bits per heavy atom. The van der Waals surface area contributed by atoms with Crippen LogP contribution < -0.4 is 11.3 Å². The molecule has 0 aliphatic heterocycles. The number of thiophene rings is 1. The van der Waals surface area contributed by atoms with Gasteiger partial charge in [0.25, 0.3) is 5.56 Å². The van der Waals surface area contributed by atoms with Gasteiger partial charge in [-0.2, -0.15) is 15.7 Å². The Hall–Kier alpha value is -2.15. The van der Waals surface area contributed by atoms with Gasteiger partial charge in [0.15, 0.2) is 5.95 Å². The average molecular weight is 264 g/mol. The molecule has 0 bridgehead atoms. The van der Waals surface area contributed by atoms with Crippen molar-refractivity contribution in [3.8, 4) is 0 Å². The molecular weight excluding hydrogens is 255 g/mol. The lowest BCUT2D eigenvalue weighted by molar-refractivity contribution is 0.582. The van der Waals surface area contributed by atoms with Crippen molar-refractivity contribution in [1.82, 2.24) is 15.0 Å². The third-order valence-electron chi connectivity index (χ3n) is 2.68. The second-order valence-electron chi connectivity index (χ2n) is 3.90. The summed E-state index contributed by atoms with van der Waals surface area (Å²) in [5.41, 5.74) is 6.75. The maximum atomic E-state index is 13.8. The lowest BCUT2D eigenvalue weighted by atomic mass is 10.1. The standard InChI is InChI=1S/C11H9FN4OS/c12-9-6(3-5-1-2-18-4-5)7-8(14-9)10(17)16-11(13)15-7/h1-2,4,14H,3H2,(H3,13,15,16,17). The minimum atomic E-state index is -0.542. The normalized spacial score (nSPS) is 11.2. The highest BCUT2D eigenvalue weighted by molar-refractivity contribution is 7.07. The van der Waals surface area contributed by atoms with Gasteiger partial charge in [-0.3, -0.25) is 9.78 Å². The molecule has 5 nitrogen and oxygen atoms in total. The summed E-state index contributed by atoms with van der Waals surface area (Å²) in [6.07, 6.45) is 0.380. The van der Waals surface area contributed by atoms with Crippen LogP contribution in [0.2, 0.25) is 0 Å². The molecule has 3 rings (SSSR count). The van der Waals surface area contributed by atoms with E-state index in [4.69, 9.17) is 5.73 Å². The van der Waals surface area contributed by atoms with E-state index in [1.54, 1.807) is 0 Å². The molecule has 3 heterocycles. The van der Waals surface area contributed by atoms with Gasteiger partial charge in [-0.25, -0.2) is 4.98 Å². The third-order valence-corrected chi connectivity index (χ3v) is 3.42. The SMILES string of the molecule is Nc1nc2c(Cc3ccsc3)c(F)[nH]c2c(=O)[nH]1. The van der Waals surface area contributed by atoms with Crippen LogP contribution in [0.3, 0.4) is 0 Å². The topological polar surface area (TPSA) is 87.6 Å². The van der Waals surface area contributed by atoms with Crippen LogP contribution in [0.4, 0.5) is 10.3 Å². The van der Waals surface area contributed by atoms with Gasteiger partial charge < -0.3 is 10.7 Å². The Morgan fingerprint density at radius 2 is 2.28 bits per heavy atom. The van der Waals surface area contributed by atoms with Crippen LogP contribution >= 0.6 is 11.3 Å². The predicted molar refractivity (Wildman–Crippen MR) is 68.2 cm³/mol. The number of halogens is 1. The van der Waals surface area contributed by atoms with Gasteiger partial charge in [0.1, 0.15) is 11.0 Å². The first-order valence-electron chi connectivity index (χ1n) is 5.22. The maximum Gasteiger partial charge on any atom is 0.276 e. The van der Waals surface area contributed by atoms with Crippen molar-refractivity contribution in [3.63, 3.8) is 0 Å². The Labute approximate surface area is 104 Å². The summed E-state index contributed by atoms with van der Waals surface area (Å²) in [7, 11) is 0. The molecule has 3 aromatic rings. The number of nitrogens with zero attached hydrogens (tertiary/aromatic N) is 1. The fourth-order valence-corrected chi connectivity index (χ4v) is 2.54. The molecule has 3 aromatic heterocycles. The highest BCUT2D eigenvalue weighted by Crippen LogP contribution is 2.21. The number of rotatable bonds is 2. The zero-order valence-electron chi connectivity index (χ0n) is 9.16. The van der Waals surface area contributed by atoms with Crippen molar-refractivity contribution in [1.29, 1.82) is 0 Å². The van der Waals surface area contributed by atoms with Gasteiger partial charge in [0, 0.05) is 12.0 Å². The van der Waals surface area contributed by atoms with Gasteiger partial charge >= 0.3 is 0 Å². The van der Waals surface area contributed by atoms with E-state index in [0.29, 0.717) is 17.5 Å². The van der Waals surface area contributed by atoms with Gasteiger partial charge in [-0.05, 0) is 22.4 Å². The van der Waals surface area contributed by atoms with E-state index in [1.807, 2.05) is 16.8 Å². The second-order valence-corrected chi connectivity index (χ2v) is 4.68. The number of nitrogens with one attached hydrogen (secondary N) is 2. The van der Waals surface area contributed by atoms with Gasteiger partial charge in [-0.1, -0.05) is 0 Å². The Kier molecular flexibility index (Phi) is 2.41. The molecule has 0 radical (unpaired) electrons.